The fourth-order valence-electron chi connectivity index (χ4n) is 1.45. The Labute approximate surface area is 129 Å². The number of pyridine rings is 2. The first kappa shape index (κ1) is 15.4. The number of carbonyl (C=O) groups is 1. The topological polar surface area (TPSA) is 109 Å². The largest absolute Gasteiger partial charge is 0.478 e. The van der Waals surface area contributed by atoms with Crippen LogP contribution in [-0.4, -0.2) is 29.5 Å². The summed E-state index contributed by atoms with van der Waals surface area (Å²) in [5, 5.41) is 8.47. The molecule has 0 bridgehead atoms. The molecule has 21 heavy (non-hydrogen) atoms. The molecule has 0 amide bonds. The number of aromatic carboxylic acids is 1. The third kappa shape index (κ3) is 3.56. The van der Waals surface area contributed by atoms with Gasteiger partial charge in [-0.2, -0.15) is 8.42 Å². The summed E-state index contributed by atoms with van der Waals surface area (Å²) in [6.07, 6.45) is 2.46. The van der Waals surface area contributed by atoms with E-state index < -0.39 is 16.0 Å². The molecule has 0 atom stereocenters. The molecular formula is C12H10BrN3O4S. The van der Waals surface area contributed by atoms with Gasteiger partial charge < -0.3 is 5.11 Å². The second-order valence-electron chi connectivity index (χ2n) is 4.11. The summed E-state index contributed by atoms with van der Waals surface area (Å²) in [6, 6.07) is 3.86. The molecule has 2 heterocycles. The van der Waals surface area contributed by atoms with Gasteiger partial charge in [-0.25, -0.2) is 14.8 Å². The standard InChI is InChI=1S/C12H10BrN3O4S/c1-7-4-10(14-6-9(7)13)16-21(19,20)11-3-2-8(5-15-11)12(17)18/h2-6H,1H3,(H,14,16)(H,17,18). The van der Waals surface area contributed by atoms with Gasteiger partial charge >= 0.3 is 5.97 Å². The van der Waals surface area contributed by atoms with Gasteiger partial charge in [-0.05, 0) is 46.6 Å². The lowest BCUT2D eigenvalue weighted by Gasteiger charge is -2.08. The first-order valence-electron chi connectivity index (χ1n) is 5.64. The predicted octanol–water partition coefficient (Wildman–Crippen LogP) is 2.05. The molecule has 0 saturated carbocycles. The predicted molar refractivity (Wildman–Crippen MR) is 78.7 cm³/mol. The van der Waals surface area contributed by atoms with Gasteiger partial charge in [0, 0.05) is 16.9 Å². The van der Waals surface area contributed by atoms with Crippen molar-refractivity contribution in [2.24, 2.45) is 0 Å². The van der Waals surface area contributed by atoms with Crippen LogP contribution in [0.25, 0.3) is 0 Å². The Kier molecular flexibility index (Phi) is 4.24. The van der Waals surface area contributed by atoms with Crippen molar-refractivity contribution in [1.29, 1.82) is 0 Å². The van der Waals surface area contributed by atoms with Gasteiger partial charge in [0.1, 0.15) is 5.82 Å². The lowest BCUT2D eigenvalue weighted by atomic mass is 10.3. The number of rotatable bonds is 4. The highest BCUT2D eigenvalue weighted by Gasteiger charge is 2.17. The molecule has 7 nitrogen and oxygen atoms in total. The molecule has 0 spiro atoms. The second kappa shape index (κ2) is 5.78. The molecule has 0 fully saturated rings. The first-order chi connectivity index (χ1) is 9.79. The molecule has 2 aromatic heterocycles. The van der Waals surface area contributed by atoms with Crippen LogP contribution in [0.2, 0.25) is 0 Å². The van der Waals surface area contributed by atoms with Crippen molar-refractivity contribution in [3.8, 4) is 0 Å². The monoisotopic (exact) mass is 371 g/mol. The SMILES string of the molecule is Cc1cc(NS(=O)(=O)c2ccc(C(=O)O)cn2)ncc1Br. The Bertz CT molecular complexity index is 791. The van der Waals surface area contributed by atoms with Crippen LogP contribution in [0.1, 0.15) is 15.9 Å². The van der Waals surface area contributed by atoms with E-state index in [1.54, 1.807) is 13.0 Å². The number of aromatic nitrogens is 2. The summed E-state index contributed by atoms with van der Waals surface area (Å²) in [6.45, 7) is 1.80. The average Bonchev–Trinajstić information content (AvgIpc) is 2.43. The summed E-state index contributed by atoms with van der Waals surface area (Å²) in [5.74, 6) is -1.02. The van der Waals surface area contributed by atoms with Gasteiger partial charge in [-0.3, -0.25) is 4.72 Å². The Morgan fingerprint density at radius 1 is 1.29 bits per heavy atom. The maximum Gasteiger partial charge on any atom is 0.337 e. The molecule has 0 aliphatic carbocycles. The number of nitrogens with zero attached hydrogens (tertiary/aromatic N) is 2. The van der Waals surface area contributed by atoms with E-state index in [1.807, 2.05) is 0 Å². The normalized spacial score (nSPS) is 11.1. The molecule has 110 valence electrons. The van der Waals surface area contributed by atoms with E-state index >= 15 is 0 Å². The van der Waals surface area contributed by atoms with Crippen LogP contribution in [0, 0.1) is 6.92 Å². The maximum absolute atomic E-state index is 12.1. The lowest BCUT2D eigenvalue weighted by molar-refractivity contribution is 0.0696. The van der Waals surface area contributed by atoms with Crippen molar-refractivity contribution in [2.45, 2.75) is 11.9 Å². The molecule has 0 saturated heterocycles. The minimum Gasteiger partial charge on any atom is -0.478 e. The van der Waals surface area contributed by atoms with E-state index in [0.29, 0.717) is 0 Å². The molecule has 0 unspecified atom stereocenters. The van der Waals surface area contributed by atoms with Crippen LogP contribution >= 0.6 is 15.9 Å². The van der Waals surface area contributed by atoms with E-state index in [1.165, 1.54) is 12.3 Å². The number of carboxylic acids is 1. The highest BCUT2D eigenvalue weighted by molar-refractivity contribution is 9.10. The van der Waals surface area contributed by atoms with Crippen molar-refractivity contribution >= 4 is 37.7 Å². The summed E-state index contributed by atoms with van der Waals surface area (Å²) in [7, 11) is -3.92. The van der Waals surface area contributed by atoms with Gasteiger partial charge in [-0.15, -0.1) is 0 Å². The number of anilines is 1. The van der Waals surface area contributed by atoms with Gasteiger partial charge in [0.15, 0.2) is 5.03 Å². The number of halogens is 1. The zero-order chi connectivity index (χ0) is 15.6. The molecule has 9 heteroatoms. The molecule has 0 aromatic carbocycles. The molecule has 0 radical (unpaired) electrons. The van der Waals surface area contributed by atoms with Crippen LogP contribution in [0.3, 0.4) is 0 Å². The highest BCUT2D eigenvalue weighted by atomic mass is 79.9. The summed E-state index contributed by atoms with van der Waals surface area (Å²) in [4.78, 5) is 18.3. The third-order valence-electron chi connectivity index (χ3n) is 2.54. The summed E-state index contributed by atoms with van der Waals surface area (Å²) < 4.78 is 27.3. The van der Waals surface area contributed by atoms with Gasteiger partial charge in [0.2, 0.25) is 0 Å². The average molecular weight is 372 g/mol. The van der Waals surface area contributed by atoms with Crippen molar-refractivity contribution in [1.82, 2.24) is 9.97 Å². The van der Waals surface area contributed by atoms with E-state index in [0.717, 1.165) is 22.3 Å². The number of carboxylic acid groups (broad SMARTS) is 1. The van der Waals surface area contributed by atoms with E-state index in [-0.39, 0.29) is 16.4 Å². The van der Waals surface area contributed by atoms with Crippen molar-refractivity contribution in [3.05, 3.63) is 46.2 Å². The highest BCUT2D eigenvalue weighted by Crippen LogP contribution is 2.19. The fourth-order valence-corrected chi connectivity index (χ4v) is 2.60. The van der Waals surface area contributed by atoms with Crippen molar-refractivity contribution in [3.63, 3.8) is 0 Å². The van der Waals surface area contributed by atoms with Gasteiger partial charge in [0.05, 0.1) is 5.56 Å². The maximum atomic E-state index is 12.1. The van der Waals surface area contributed by atoms with E-state index in [9.17, 15) is 13.2 Å². The Hall–Kier alpha value is -2.00. The lowest BCUT2D eigenvalue weighted by Crippen LogP contribution is -2.15. The van der Waals surface area contributed by atoms with Gasteiger partial charge in [0.25, 0.3) is 10.0 Å². The number of hydrogen-bond acceptors (Lipinski definition) is 5. The zero-order valence-electron chi connectivity index (χ0n) is 10.7. The molecule has 2 N–H and O–H groups in total. The van der Waals surface area contributed by atoms with Crippen molar-refractivity contribution in [2.75, 3.05) is 4.72 Å². The minimum absolute atomic E-state index is 0.0911. The Morgan fingerprint density at radius 2 is 2.00 bits per heavy atom. The van der Waals surface area contributed by atoms with Crippen LogP contribution in [0.15, 0.2) is 40.1 Å². The molecular weight excluding hydrogens is 362 g/mol. The molecule has 0 aliphatic heterocycles. The minimum atomic E-state index is -3.92. The Balaban J connectivity index is 2.29. The third-order valence-corrected chi connectivity index (χ3v) is 4.64. The summed E-state index contributed by atoms with van der Waals surface area (Å²) in [5.41, 5.74) is 0.725. The fraction of sp³-hybridized carbons (Fsp3) is 0.0833. The number of nitrogens with one attached hydrogen (secondary N) is 1. The van der Waals surface area contributed by atoms with Crippen LogP contribution < -0.4 is 4.72 Å². The first-order valence-corrected chi connectivity index (χ1v) is 7.91. The van der Waals surface area contributed by atoms with E-state index in [2.05, 4.69) is 30.6 Å². The van der Waals surface area contributed by atoms with Crippen LogP contribution in [0.5, 0.6) is 0 Å². The van der Waals surface area contributed by atoms with E-state index in [4.69, 9.17) is 5.11 Å². The van der Waals surface area contributed by atoms with Crippen LogP contribution in [-0.2, 0) is 10.0 Å². The Morgan fingerprint density at radius 3 is 2.52 bits per heavy atom. The van der Waals surface area contributed by atoms with Crippen LogP contribution in [0.4, 0.5) is 5.82 Å². The number of aryl methyl sites for hydroxylation is 1. The molecule has 2 rings (SSSR count). The molecule has 2 aromatic rings. The van der Waals surface area contributed by atoms with Gasteiger partial charge in [-0.1, -0.05) is 0 Å². The number of hydrogen-bond donors (Lipinski definition) is 2. The molecule has 0 aliphatic rings. The summed E-state index contributed by atoms with van der Waals surface area (Å²) >= 11 is 3.27. The number of sulfonamides is 1. The second-order valence-corrected chi connectivity index (χ2v) is 6.60. The quantitative estimate of drug-likeness (QED) is 0.850. The zero-order valence-corrected chi connectivity index (χ0v) is 13.1. The smallest absolute Gasteiger partial charge is 0.337 e. The van der Waals surface area contributed by atoms with Crippen molar-refractivity contribution < 1.29 is 18.3 Å².